The lowest BCUT2D eigenvalue weighted by atomic mass is 10.1. The molecule has 3 rings (SSSR count). The minimum Gasteiger partial charge on any atom is -0.481 e. The number of hydrogen-bond acceptors (Lipinski definition) is 6. The predicted molar refractivity (Wildman–Crippen MR) is 100 cm³/mol. The maximum atomic E-state index is 10.8. The van der Waals surface area contributed by atoms with Gasteiger partial charge >= 0.3 is 5.97 Å². The second kappa shape index (κ2) is 7.79. The minimum absolute atomic E-state index is 0.0462. The van der Waals surface area contributed by atoms with Gasteiger partial charge in [-0.3, -0.25) is 4.79 Å². The Labute approximate surface area is 155 Å². The van der Waals surface area contributed by atoms with Gasteiger partial charge in [0, 0.05) is 23.4 Å². The Balaban J connectivity index is 1.80. The molecule has 1 aromatic heterocycles. The molecule has 0 aliphatic carbocycles. The molecule has 132 valence electrons. The van der Waals surface area contributed by atoms with Gasteiger partial charge in [-0.2, -0.15) is 4.98 Å². The van der Waals surface area contributed by atoms with Crippen LogP contribution in [0.1, 0.15) is 5.56 Å². The zero-order valence-electron chi connectivity index (χ0n) is 13.9. The molecule has 0 fully saturated rings. The fourth-order valence-corrected chi connectivity index (χ4v) is 2.56. The molecule has 0 unspecified atom stereocenters. The van der Waals surface area contributed by atoms with Crippen LogP contribution in [0.5, 0.6) is 0 Å². The lowest BCUT2D eigenvalue weighted by Crippen LogP contribution is -2.14. The van der Waals surface area contributed by atoms with E-state index in [2.05, 4.69) is 20.3 Å². The number of nitrogens with zero attached hydrogens (tertiary/aromatic N) is 4. The number of rotatable bonds is 6. The number of aromatic nitrogens is 3. The molecule has 3 aromatic rings. The molecule has 0 radical (unpaired) electrons. The van der Waals surface area contributed by atoms with E-state index in [1.54, 1.807) is 29.2 Å². The Morgan fingerprint density at radius 2 is 2.00 bits per heavy atom. The van der Waals surface area contributed by atoms with Crippen LogP contribution >= 0.6 is 11.6 Å². The quantitative estimate of drug-likeness (QED) is 0.685. The first-order chi connectivity index (χ1) is 12.5. The van der Waals surface area contributed by atoms with Crippen LogP contribution in [-0.4, -0.2) is 33.1 Å². The number of carboxylic acid groups (broad SMARTS) is 1. The highest BCUT2D eigenvalue weighted by Crippen LogP contribution is 2.24. The van der Waals surface area contributed by atoms with Crippen LogP contribution in [0.15, 0.2) is 54.9 Å². The van der Waals surface area contributed by atoms with Gasteiger partial charge in [0.25, 0.3) is 0 Å². The van der Waals surface area contributed by atoms with E-state index < -0.39 is 5.97 Å². The normalized spacial score (nSPS) is 10.4. The largest absolute Gasteiger partial charge is 0.481 e. The fraction of sp³-hybridized carbons (Fsp3) is 0.111. The lowest BCUT2D eigenvalue weighted by molar-refractivity contribution is -0.136. The molecule has 2 aromatic carbocycles. The highest BCUT2D eigenvalue weighted by molar-refractivity contribution is 6.30. The number of carboxylic acids is 1. The molecule has 0 saturated heterocycles. The van der Waals surface area contributed by atoms with Crippen LogP contribution in [0.3, 0.4) is 0 Å². The molecule has 0 spiro atoms. The van der Waals surface area contributed by atoms with Gasteiger partial charge in [0.05, 0.1) is 6.42 Å². The van der Waals surface area contributed by atoms with E-state index in [1.165, 1.54) is 6.33 Å². The van der Waals surface area contributed by atoms with Gasteiger partial charge in [-0.15, -0.1) is 0 Å². The van der Waals surface area contributed by atoms with Crippen LogP contribution in [0.4, 0.5) is 23.3 Å². The third-order valence-electron chi connectivity index (χ3n) is 3.59. The van der Waals surface area contributed by atoms with Gasteiger partial charge in [0.15, 0.2) is 0 Å². The maximum Gasteiger partial charge on any atom is 0.307 e. The van der Waals surface area contributed by atoms with E-state index in [9.17, 15) is 4.79 Å². The van der Waals surface area contributed by atoms with Crippen molar-refractivity contribution in [2.75, 3.05) is 17.3 Å². The second-order valence-electron chi connectivity index (χ2n) is 5.54. The van der Waals surface area contributed by atoms with Gasteiger partial charge in [-0.05, 0) is 35.9 Å². The molecule has 0 atom stereocenters. The zero-order valence-corrected chi connectivity index (χ0v) is 14.7. The number of carbonyl (C=O) groups is 1. The summed E-state index contributed by atoms with van der Waals surface area (Å²) in [5.74, 6) is -0.0736. The molecule has 2 N–H and O–H groups in total. The van der Waals surface area contributed by atoms with E-state index >= 15 is 0 Å². The first kappa shape index (κ1) is 17.6. The monoisotopic (exact) mass is 369 g/mol. The number of benzene rings is 2. The van der Waals surface area contributed by atoms with Crippen molar-refractivity contribution in [1.29, 1.82) is 0 Å². The number of aliphatic carboxylic acids is 1. The van der Waals surface area contributed by atoms with Gasteiger partial charge in [0.1, 0.15) is 6.33 Å². The summed E-state index contributed by atoms with van der Waals surface area (Å²) in [7, 11) is 1.83. The molecule has 8 heteroatoms. The van der Waals surface area contributed by atoms with Crippen molar-refractivity contribution in [1.82, 2.24) is 15.0 Å². The number of anilines is 4. The summed E-state index contributed by atoms with van der Waals surface area (Å²) in [5.41, 5.74) is 2.23. The number of hydrogen-bond donors (Lipinski definition) is 2. The van der Waals surface area contributed by atoms with Crippen molar-refractivity contribution in [2.45, 2.75) is 6.42 Å². The topological polar surface area (TPSA) is 91.2 Å². The van der Waals surface area contributed by atoms with Gasteiger partial charge < -0.3 is 15.3 Å². The van der Waals surface area contributed by atoms with Gasteiger partial charge in [-0.1, -0.05) is 29.8 Å². The Morgan fingerprint density at radius 3 is 2.77 bits per heavy atom. The molecule has 0 saturated carbocycles. The molecule has 0 aliphatic heterocycles. The smallest absolute Gasteiger partial charge is 0.307 e. The van der Waals surface area contributed by atoms with E-state index in [-0.39, 0.29) is 6.42 Å². The van der Waals surface area contributed by atoms with E-state index in [0.717, 1.165) is 5.69 Å². The van der Waals surface area contributed by atoms with E-state index in [1.807, 2.05) is 31.3 Å². The zero-order chi connectivity index (χ0) is 18.5. The lowest BCUT2D eigenvalue weighted by Gasteiger charge is -2.17. The van der Waals surface area contributed by atoms with Crippen molar-refractivity contribution in [3.8, 4) is 0 Å². The van der Waals surface area contributed by atoms with Crippen molar-refractivity contribution < 1.29 is 9.90 Å². The van der Waals surface area contributed by atoms with Gasteiger partial charge in [0.2, 0.25) is 11.9 Å². The Hall–Kier alpha value is -3.19. The van der Waals surface area contributed by atoms with Crippen LogP contribution in [-0.2, 0) is 11.2 Å². The highest BCUT2D eigenvalue weighted by Gasteiger charge is 2.10. The summed E-state index contributed by atoms with van der Waals surface area (Å²) < 4.78 is 0. The third kappa shape index (κ3) is 4.46. The Morgan fingerprint density at radius 1 is 1.19 bits per heavy atom. The van der Waals surface area contributed by atoms with Crippen LogP contribution in [0.2, 0.25) is 5.02 Å². The first-order valence-electron chi connectivity index (χ1n) is 7.77. The third-order valence-corrected chi connectivity index (χ3v) is 3.83. The first-order valence-corrected chi connectivity index (χ1v) is 8.15. The Kier molecular flexibility index (Phi) is 5.28. The molecule has 7 nitrogen and oxygen atoms in total. The molecule has 0 aliphatic rings. The summed E-state index contributed by atoms with van der Waals surface area (Å²) in [6.07, 6.45) is 1.36. The Bertz CT molecular complexity index is 935. The van der Waals surface area contributed by atoms with Crippen molar-refractivity contribution in [2.24, 2.45) is 0 Å². The average Bonchev–Trinajstić information content (AvgIpc) is 2.61. The number of halogens is 1. The van der Waals surface area contributed by atoms with Crippen LogP contribution in [0.25, 0.3) is 0 Å². The van der Waals surface area contributed by atoms with E-state index in [0.29, 0.717) is 28.2 Å². The van der Waals surface area contributed by atoms with Gasteiger partial charge in [-0.25, -0.2) is 9.97 Å². The van der Waals surface area contributed by atoms with Crippen LogP contribution in [0, 0.1) is 0 Å². The molecule has 0 bridgehead atoms. The predicted octanol–water partition coefficient (Wildman–Crippen LogP) is 3.66. The molecular formula is C18H16ClN5O2. The summed E-state index contributed by atoms with van der Waals surface area (Å²) in [5, 5.41) is 12.6. The SMILES string of the molecule is CN(c1cccc(Cl)c1)c1ncnc(Nc2cccc(CC(=O)O)c2)n1. The number of nitrogens with one attached hydrogen (secondary N) is 1. The summed E-state index contributed by atoms with van der Waals surface area (Å²) in [4.78, 5) is 25.3. The maximum absolute atomic E-state index is 10.8. The van der Waals surface area contributed by atoms with Crippen molar-refractivity contribution in [3.05, 3.63) is 65.4 Å². The van der Waals surface area contributed by atoms with Crippen molar-refractivity contribution >= 4 is 40.8 Å². The van der Waals surface area contributed by atoms with Crippen LogP contribution < -0.4 is 10.2 Å². The average molecular weight is 370 g/mol. The second-order valence-corrected chi connectivity index (χ2v) is 5.98. The van der Waals surface area contributed by atoms with Crippen molar-refractivity contribution in [3.63, 3.8) is 0 Å². The molecule has 1 heterocycles. The molecule has 26 heavy (non-hydrogen) atoms. The standard InChI is InChI=1S/C18H16ClN5O2/c1-24(15-7-3-5-13(19)10-15)18-21-11-20-17(23-18)22-14-6-2-4-12(8-14)9-16(25)26/h2-8,10-11H,9H2,1H3,(H,25,26)(H,20,21,22,23). The van der Waals surface area contributed by atoms with E-state index in [4.69, 9.17) is 16.7 Å². The molecular weight excluding hydrogens is 354 g/mol. The summed E-state index contributed by atoms with van der Waals surface area (Å²) in [6.45, 7) is 0. The summed E-state index contributed by atoms with van der Waals surface area (Å²) >= 11 is 6.03. The molecule has 0 amide bonds. The highest BCUT2D eigenvalue weighted by atomic mass is 35.5. The summed E-state index contributed by atoms with van der Waals surface area (Å²) in [6, 6.07) is 14.5. The fourth-order valence-electron chi connectivity index (χ4n) is 2.37. The minimum atomic E-state index is -0.882.